The number of urea groups is 1. The quantitative estimate of drug-likeness (QED) is 0.787. The highest BCUT2D eigenvalue weighted by molar-refractivity contribution is 5.78. The lowest BCUT2D eigenvalue weighted by molar-refractivity contribution is -0.122. The van der Waals surface area contributed by atoms with Gasteiger partial charge in [0.25, 0.3) is 0 Å². The summed E-state index contributed by atoms with van der Waals surface area (Å²) < 4.78 is 26.6. The maximum atomic E-state index is 13.6. The van der Waals surface area contributed by atoms with Crippen molar-refractivity contribution >= 4 is 11.9 Å². The van der Waals surface area contributed by atoms with Crippen LogP contribution in [0.15, 0.2) is 48.5 Å². The molecule has 31 heavy (non-hydrogen) atoms. The van der Waals surface area contributed by atoms with Gasteiger partial charge in [0.1, 0.15) is 11.6 Å². The number of amides is 3. The first-order valence-electron chi connectivity index (χ1n) is 10.5. The van der Waals surface area contributed by atoms with E-state index >= 15 is 0 Å². The largest absolute Gasteiger partial charge is 0.347 e. The van der Waals surface area contributed by atoms with Crippen LogP contribution in [0.2, 0.25) is 0 Å². The third kappa shape index (κ3) is 5.38. The predicted octanol–water partition coefficient (Wildman–Crippen LogP) is 2.64. The average molecular weight is 428 g/mol. The van der Waals surface area contributed by atoms with E-state index in [2.05, 4.69) is 15.5 Å². The smallest absolute Gasteiger partial charge is 0.317 e. The van der Waals surface area contributed by atoms with Gasteiger partial charge in [0.05, 0.1) is 5.54 Å². The van der Waals surface area contributed by atoms with Gasteiger partial charge in [-0.05, 0) is 41.8 Å². The van der Waals surface area contributed by atoms with E-state index in [9.17, 15) is 18.4 Å². The molecule has 0 bridgehead atoms. The van der Waals surface area contributed by atoms with Crippen molar-refractivity contribution in [3.63, 3.8) is 0 Å². The van der Waals surface area contributed by atoms with E-state index in [0.717, 1.165) is 11.1 Å². The zero-order valence-electron chi connectivity index (χ0n) is 17.2. The second-order valence-corrected chi connectivity index (χ2v) is 8.38. The molecule has 1 unspecified atom stereocenters. The molecular weight excluding hydrogens is 402 g/mol. The Labute approximate surface area is 180 Å². The zero-order chi connectivity index (χ0) is 21.8. The number of nitrogens with zero attached hydrogens (tertiary/aromatic N) is 2. The van der Waals surface area contributed by atoms with Gasteiger partial charge in [0.2, 0.25) is 5.91 Å². The molecule has 6 nitrogen and oxygen atoms in total. The van der Waals surface area contributed by atoms with Gasteiger partial charge in [0, 0.05) is 45.7 Å². The molecular formula is C23H26F2N4O2. The molecule has 2 aliphatic rings. The van der Waals surface area contributed by atoms with Gasteiger partial charge in [0.15, 0.2) is 0 Å². The summed E-state index contributed by atoms with van der Waals surface area (Å²) in [6.07, 6.45) is 1.02. The Bertz CT molecular complexity index is 953. The maximum Gasteiger partial charge on any atom is 0.317 e. The van der Waals surface area contributed by atoms with Gasteiger partial charge in [-0.15, -0.1) is 0 Å². The number of carbonyl (C=O) groups is 2. The standard InChI is InChI=1S/C23H26F2N4O2/c24-19-6-4-17(5-7-19)13-26-22(31)29-11-9-23(16-29)15-28(10-8-21(30)27-23)14-18-2-1-3-20(25)12-18/h1-7,12H,8-11,13-16H2,(H,26,31)(H,27,30). The van der Waals surface area contributed by atoms with Crippen molar-refractivity contribution in [1.82, 2.24) is 20.4 Å². The van der Waals surface area contributed by atoms with E-state index in [1.165, 1.54) is 24.3 Å². The highest BCUT2D eigenvalue weighted by Gasteiger charge is 2.43. The highest BCUT2D eigenvalue weighted by Crippen LogP contribution is 2.26. The van der Waals surface area contributed by atoms with Crippen LogP contribution in [0.25, 0.3) is 0 Å². The van der Waals surface area contributed by atoms with Crippen LogP contribution in [0.5, 0.6) is 0 Å². The Morgan fingerprint density at radius 3 is 2.61 bits per heavy atom. The number of benzene rings is 2. The Hall–Kier alpha value is -3.00. The number of likely N-dealkylation sites (tertiary alicyclic amines) is 1. The van der Waals surface area contributed by atoms with Gasteiger partial charge in [-0.1, -0.05) is 24.3 Å². The van der Waals surface area contributed by atoms with Crippen LogP contribution in [-0.4, -0.2) is 53.5 Å². The molecule has 0 aromatic heterocycles. The molecule has 8 heteroatoms. The summed E-state index contributed by atoms with van der Waals surface area (Å²) in [4.78, 5) is 28.9. The van der Waals surface area contributed by atoms with Crippen LogP contribution < -0.4 is 10.6 Å². The summed E-state index contributed by atoms with van der Waals surface area (Å²) in [5, 5.41) is 5.99. The summed E-state index contributed by atoms with van der Waals surface area (Å²) in [6, 6.07) is 12.3. The molecule has 2 N–H and O–H groups in total. The first-order valence-corrected chi connectivity index (χ1v) is 10.5. The Balaban J connectivity index is 1.38. The van der Waals surface area contributed by atoms with Gasteiger partial charge < -0.3 is 15.5 Å². The summed E-state index contributed by atoms with van der Waals surface area (Å²) >= 11 is 0. The van der Waals surface area contributed by atoms with Crippen LogP contribution >= 0.6 is 0 Å². The minimum Gasteiger partial charge on any atom is -0.347 e. The molecule has 1 spiro atoms. The Kier molecular flexibility index (Phi) is 6.18. The molecule has 3 amide bonds. The van der Waals surface area contributed by atoms with Gasteiger partial charge in [-0.25, -0.2) is 13.6 Å². The van der Waals surface area contributed by atoms with Crippen molar-refractivity contribution in [2.45, 2.75) is 31.5 Å². The lowest BCUT2D eigenvalue weighted by Crippen LogP contribution is -2.55. The molecule has 164 valence electrons. The van der Waals surface area contributed by atoms with Crippen LogP contribution in [0.4, 0.5) is 13.6 Å². The normalized spacial score (nSPS) is 21.7. The third-order valence-corrected chi connectivity index (χ3v) is 5.88. The van der Waals surface area contributed by atoms with Crippen molar-refractivity contribution in [3.8, 4) is 0 Å². The van der Waals surface area contributed by atoms with Crippen molar-refractivity contribution in [3.05, 3.63) is 71.3 Å². The molecule has 2 aliphatic heterocycles. The van der Waals surface area contributed by atoms with Crippen molar-refractivity contribution in [2.75, 3.05) is 26.2 Å². The molecule has 0 saturated carbocycles. The van der Waals surface area contributed by atoms with E-state index in [1.807, 2.05) is 6.07 Å². The molecule has 2 aromatic rings. The number of hydrogen-bond acceptors (Lipinski definition) is 3. The third-order valence-electron chi connectivity index (χ3n) is 5.88. The zero-order valence-corrected chi connectivity index (χ0v) is 17.2. The Morgan fingerprint density at radius 1 is 1.03 bits per heavy atom. The summed E-state index contributed by atoms with van der Waals surface area (Å²) in [5.74, 6) is -0.625. The topological polar surface area (TPSA) is 64.7 Å². The van der Waals surface area contributed by atoms with E-state index in [-0.39, 0.29) is 23.6 Å². The second-order valence-electron chi connectivity index (χ2n) is 8.38. The minimum absolute atomic E-state index is 0.0321. The second kappa shape index (κ2) is 9.01. The Morgan fingerprint density at radius 2 is 1.84 bits per heavy atom. The van der Waals surface area contributed by atoms with E-state index in [0.29, 0.717) is 52.1 Å². The predicted molar refractivity (Wildman–Crippen MR) is 112 cm³/mol. The summed E-state index contributed by atoms with van der Waals surface area (Å²) in [7, 11) is 0. The fourth-order valence-corrected chi connectivity index (χ4v) is 4.36. The number of halogens is 2. The van der Waals surface area contributed by atoms with Gasteiger partial charge >= 0.3 is 6.03 Å². The molecule has 0 aliphatic carbocycles. The van der Waals surface area contributed by atoms with Gasteiger partial charge in [-0.2, -0.15) is 0 Å². The SMILES string of the molecule is O=C1CCN(Cc2cccc(F)c2)CC2(CCN(C(=O)NCc3ccc(F)cc3)C2)N1. The maximum absolute atomic E-state index is 13.6. The van der Waals surface area contributed by atoms with E-state index in [1.54, 1.807) is 23.1 Å². The lowest BCUT2D eigenvalue weighted by atomic mass is 9.98. The summed E-state index contributed by atoms with van der Waals surface area (Å²) in [6.45, 7) is 2.97. The molecule has 2 heterocycles. The molecule has 0 radical (unpaired) electrons. The van der Waals surface area contributed by atoms with Crippen molar-refractivity contribution < 1.29 is 18.4 Å². The number of nitrogens with one attached hydrogen (secondary N) is 2. The average Bonchev–Trinajstić information content (AvgIpc) is 3.07. The molecule has 2 fully saturated rings. The summed E-state index contributed by atoms with van der Waals surface area (Å²) in [5.41, 5.74) is 1.15. The minimum atomic E-state index is -0.520. The van der Waals surface area contributed by atoms with Crippen LogP contribution in [-0.2, 0) is 17.9 Å². The molecule has 1 atom stereocenters. The van der Waals surface area contributed by atoms with Crippen LogP contribution in [0.3, 0.4) is 0 Å². The van der Waals surface area contributed by atoms with Crippen molar-refractivity contribution in [1.29, 1.82) is 0 Å². The van der Waals surface area contributed by atoms with Gasteiger partial charge in [-0.3, -0.25) is 9.69 Å². The molecule has 2 aromatic carbocycles. The first kappa shape index (κ1) is 21.2. The highest BCUT2D eigenvalue weighted by atomic mass is 19.1. The van der Waals surface area contributed by atoms with Crippen molar-refractivity contribution in [2.24, 2.45) is 0 Å². The number of hydrogen-bond donors (Lipinski definition) is 2. The van der Waals surface area contributed by atoms with Crippen LogP contribution in [0, 0.1) is 11.6 Å². The molecule has 4 rings (SSSR count). The van der Waals surface area contributed by atoms with E-state index in [4.69, 9.17) is 0 Å². The lowest BCUT2D eigenvalue weighted by Gasteiger charge is -2.33. The fraction of sp³-hybridized carbons (Fsp3) is 0.391. The monoisotopic (exact) mass is 428 g/mol. The van der Waals surface area contributed by atoms with Crippen LogP contribution in [0.1, 0.15) is 24.0 Å². The fourth-order valence-electron chi connectivity index (χ4n) is 4.36. The van der Waals surface area contributed by atoms with E-state index < -0.39 is 5.54 Å². The first-order chi connectivity index (χ1) is 14.9. The molecule has 2 saturated heterocycles. The number of carbonyl (C=O) groups excluding carboxylic acids is 2. The number of rotatable bonds is 4.